The fourth-order valence-corrected chi connectivity index (χ4v) is 2.32. The predicted octanol–water partition coefficient (Wildman–Crippen LogP) is 3.83. The molecule has 0 unspecified atom stereocenters. The summed E-state index contributed by atoms with van der Waals surface area (Å²) < 4.78 is 19.4. The fourth-order valence-electron chi connectivity index (χ4n) is 2.32. The molecule has 1 atom stereocenters. The number of carbonyl (C=O) groups is 1. The Labute approximate surface area is 129 Å². The Hall–Kier alpha value is -2.36. The molecular formula is C18H19FO3. The SMILES string of the molecule is Cc1cc(C)c(C)c(O[C@@H](Cc2ccccc2F)C(=O)O)c1. The van der Waals surface area contributed by atoms with Gasteiger partial charge in [-0.25, -0.2) is 9.18 Å². The van der Waals surface area contributed by atoms with Crippen molar-refractivity contribution < 1.29 is 19.0 Å². The second kappa shape index (κ2) is 6.60. The van der Waals surface area contributed by atoms with Gasteiger partial charge < -0.3 is 9.84 Å². The molecule has 0 radical (unpaired) electrons. The van der Waals surface area contributed by atoms with E-state index in [4.69, 9.17) is 4.74 Å². The maximum absolute atomic E-state index is 13.7. The minimum absolute atomic E-state index is 0.0194. The number of rotatable bonds is 5. The van der Waals surface area contributed by atoms with E-state index in [9.17, 15) is 14.3 Å². The lowest BCUT2D eigenvalue weighted by Crippen LogP contribution is -2.30. The van der Waals surface area contributed by atoms with Gasteiger partial charge in [-0.2, -0.15) is 0 Å². The highest BCUT2D eigenvalue weighted by Gasteiger charge is 2.22. The van der Waals surface area contributed by atoms with Gasteiger partial charge in [-0.15, -0.1) is 0 Å². The Morgan fingerprint density at radius 3 is 2.55 bits per heavy atom. The van der Waals surface area contributed by atoms with Gasteiger partial charge in [0.1, 0.15) is 11.6 Å². The van der Waals surface area contributed by atoms with Gasteiger partial charge in [0.25, 0.3) is 0 Å². The van der Waals surface area contributed by atoms with Crippen LogP contribution in [0.15, 0.2) is 36.4 Å². The van der Waals surface area contributed by atoms with Crippen LogP contribution in [0, 0.1) is 26.6 Å². The molecule has 0 aromatic heterocycles. The van der Waals surface area contributed by atoms with E-state index in [-0.39, 0.29) is 6.42 Å². The minimum atomic E-state index is -1.13. The first-order valence-electron chi connectivity index (χ1n) is 7.09. The van der Waals surface area contributed by atoms with Crippen molar-refractivity contribution in [3.63, 3.8) is 0 Å². The Morgan fingerprint density at radius 2 is 1.91 bits per heavy atom. The molecule has 0 aliphatic heterocycles. The number of hydrogen-bond acceptors (Lipinski definition) is 2. The van der Waals surface area contributed by atoms with E-state index >= 15 is 0 Å². The molecule has 0 saturated carbocycles. The zero-order valence-electron chi connectivity index (χ0n) is 12.9. The van der Waals surface area contributed by atoms with Gasteiger partial charge in [0, 0.05) is 6.42 Å². The van der Waals surface area contributed by atoms with Crippen LogP contribution in [-0.4, -0.2) is 17.2 Å². The third-order valence-corrected chi connectivity index (χ3v) is 3.67. The molecular weight excluding hydrogens is 283 g/mol. The molecule has 4 heteroatoms. The van der Waals surface area contributed by atoms with Crippen molar-refractivity contribution in [2.75, 3.05) is 0 Å². The summed E-state index contributed by atoms with van der Waals surface area (Å²) in [5.41, 5.74) is 3.25. The van der Waals surface area contributed by atoms with Crippen molar-refractivity contribution in [1.29, 1.82) is 0 Å². The summed E-state index contributed by atoms with van der Waals surface area (Å²) in [4.78, 5) is 11.5. The van der Waals surface area contributed by atoms with Gasteiger partial charge >= 0.3 is 5.97 Å². The smallest absolute Gasteiger partial charge is 0.345 e. The molecule has 0 amide bonds. The molecule has 0 aliphatic rings. The molecule has 1 N–H and O–H groups in total. The fraction of sp³-hybridized carbons (Fsp3) is 0.278. The third-order valence-electron chi connectivity index (χ3n) is 3.67. The Bertz CT molecular complexity index is 695. The predicted molar refractivity (Wildman–Crippen MR) is 82.8 cm³/mol. The summed E-state index contributed by atoms with van der Waals surface area (Å²) in [6.45, 7) is 5.75. The molecule has 0 bridgehead atoms. The molecule has 0 aliphatic carbocycles. The molecule has 2 aromatic rings. The third kappa shape index (κ3) is 3.64. The van der Waals surface area contributed by atoms with Gasteiger partial charge in [-0.3, -0.25) is 0 Å². The topological polar surface area (TPSA) is 46.5 Å². The van der Waals surface area contributed by atoms with Crippen LogP contribution in [0.5, 0.6) is 5.75 Å². The Balaban J connectivity index is 2.27. The molecule has 0 heterocycles. The van der Waals surface area contributed by atoms with Crippen LogP contribution < -0.4 is 4.74 Å². The number of carboxylic acids is 1. The summed E-state index contributed by atoms with van der Waals surface area (Å²) in [6, 6.07) is 9.96. The normalized spacial score (nSPS) is 12.0. The zero-order chi connectivity index (χ0) is 16.3. The molecule has 0 fully saturated rings. The lowest BCUT2D eigenvalue weighted by Gasteiger charge is -2.18. The van der Waals surface area contributed by atoms with Crippen LogP contribution in [0.25, 0.3) is 0 Å². The lowest BCUT2D eigenvalue weighted by molar-refractivity contribution is -0.145. The maximum atomic E-state index is 13.7. The van der Waals surface area contributed by atoms with E-state index in [0.29, 0.717) is 11.3 Å². The monoisotopic (exact) mass is 302 g/mol. The maximum Gasteiger partial charge on any atom is 0.345 e. The average molecular weight is 302 g/mol. The summed E-state index contributed by atoms with van der Waals surface area (Å²) in [7, 11) is 0. The van der Waals surface area contributed by atoms with Crippen molar-refractivity contribution in [1.82, 2.24) is 0 Å². The van der Waals surface area contributed by atoms with Gasteiger partial charge in [-0.1, -0.05) is 24.3 Å². The van der Waals surface area contributed by atoms with Gasteiger partial charge in [0.05, 0.1) is 0 Å². The van der Waals surface area contributed by atoms with Gasteiger partial charge in [0.15, 0.2) is 6.10 Å². The largest absolute Gasteiger partial charge is 0.478 e. The van der Waals surface area contributed by atoms with Crippen LogP contribution in [0.3, 0.4) is 0 Å². The number of aryl methyl sites for hydroxylation is 2. The number of hydrogen-bond donors (Lipinski definition) is 1. The molecule has 0 saturated heterocycles. The Kier molecular flexibility index (Phi) is 4.81. The Morgan fingerprint density at radius 1 is 1.23 bits per heavy atom. The average Bonchev–Trinajstić information content (AvgIpc) is 2.45. The summed E-state index contributed by atoms with van der Waals surface area (Å²) in [6.07, 6.45) is -1.15. The number of halogens is 1. The summed E-state index contributed by atoms with van der Waals surface area (Å²) in [5.74, 6) is -1.00. The quantitative estimate of drug-likeness (QED) is 0.913. The second-order valence-electron chi connectivity index (χ2n) is 5.45. The van der Waals surface area contributed by atoms with E-state index in [2.05, 4.69) is 0 Å². The number of ether oxygens (including phenoxy) is 1. The number of carboxylic acid groups (broad SMARTS) is 1. The molecule has 2 rings (SSSR count). The van der Waals surface area contributed by atoms with E-state index in [1.807, 2.05) is 26.8 Å². The molecule has 2 aromatic carbocycles. The van der Waals surface area contributed by atoms with E-state index in [1.165, 1.54) is 6.07 Å². The van der Waals surface area contributed by atoms with Crippen molar-refractivity contribution >= 4 is 5.97 Å². The first kappa shape index (κ1) is 16.0. The van der Waals surface area contributed by atoms with Crippen molar-refractivity contribution in [2.24, 2.45) is 0 Å². The van der Waals surface area contributed by atoms with E-state index < -0.39 is 17.9 Å². The molecule has 22 heavy (non-hydrogen) atoms. The van der Waals surface area contributed by atoms with Crippen molar-refractivity contribution in [3.05, 3.63) is 64.5 Å². The number of aliphatic carboxylic acids is 1. The molecule has 3 nitrogen and oxygen atoms in total. The van der Waals surface area contributed by atoms with E-state index in [0.717, 1.165) is 16.7 Å². The molecule has 0 spiro atoms. The second-order valence-corrected chi connectivity index (χ2v) is 5.45. The first-order chi connectivity index (χ1) is 10.4. The lowest BCUT2D eigenvalue weighted by atomic mass is 10.0. The zero-order valence-corrected chi connectivity index (χ0v) is 12.9. The molecule has 116 valence electrons. The summed E-state index contributed by atoms with van der Waals surface area (Å²) in [5, 5.41) is 9.37. The van der Waals surface area contributed by atoms with Crippen LogP contribution >= 0.6 is 0 Å². The van der Waals surface area contributed by atoms with Crippen molar-refractivity contribution in [2.45, 2.75) is 33.3 Å². The first-order valence-corrected chi connectivity index (χ1v) is 7.09. The van der Waals surface area contributed by atoms with Crippen LogP contribution in [-0.2, 0) is 11.2 Å². The highest BCUT2D eigenvalue weighted by atomic mass is 19.1. The highest BCUT2D eigenvalue weighted by Crippen LogP contribution is 2.25. The van der Waals surface area contributed by atoms with Gasteiger partial charge in [-0.05, 0) is 55.2 Å². The summed E-state index contributed by atoms with van der Waals surface area (Å²) >= 11 is 0. The van der Waals surface area contributed by atoms with E-state index in [1.54, 1.807) is 24.3 Å². The van der Waals surface area contributed by atoms with Gasteiger partial charge in [0.2, 0.25) is 0 Å². The highest BCUT2D eigenvalue weighted by molar-refractivity contribution is 5.73. The van der Waals surface area contributed by atoms with Crippen LogP contribution in [0.1, 0.15) is 22.3 Å². The van der Waals surface area contributed by atoms with Crippen molar-refractivity contribution in [3.8, 4) is 5.75 Å². The van der Waals surface area contributed by atoms with Crippen LogP contribution in [0.4, 0.5) is 4.39 Å². The minimum Gasteiger partial charge on any atom is -0.478 e. The van der Waals surface area contributed by atoms with Crippen LogP contribution in [0.2, 0.25) is 0 Å². The number of benzene rings is 2. The standard InChI is InChI=1S/C18H19FO3/c1-11-8-12(2)13(3)16(9-11)22-17(18(20)21)10-14-6-4-5-7-15(14)19/h4-9,17H,10H2,1-3H3,(H,20,21)/t17-/m0/s1.